The second kappa shape index (κ2) is 12.4. The fourth-order valence-corrected chi connectivity index (χ4v) is 8.43. The number of carbonyl (C=O) groups is 2. The number of amides is 1. The first kappa shape index (κ1) is 31.2. The highest BCUT2D eigenvalue weighted by Gasteiger charge is 2.65. The number of hydrogen-bond donors (Lipinski definition) is 1. The third-order valence-electron chi connectivity index (χ3n) is 9.74. The number of halogens is 2. The number of hydrogen-bond acceptors (Lipinski definition) is 4. The van der Waals surface area contributed by atoms with Crippen molar-refractivity contribution in [2.75, 3.05) is 33.3 Å². The fraction of sp³-hybridized carbons (Fsp3) is 0.588. The number of likely N-dealkylation sites (tertiary alicyclic amines) is 1. The molecule has 1 aliphatic heterocycles. The summed E-state index contributed by atoms with van der Waals surface area (Å²) in [5.41, 5.74) is 0.830. The lowest BCUT2D eigenvalue weighted by Gasteiger charge is -2.62. The third kappa shape index (κ3) is 6.61. The summed E-state index contributed by atoms with van der Waals surface area (Å²) in [6.07, 6.45) is 5.85. The number of carbonyl (C=O) groups excluding carboxylic acids is 2. The maximum Gasteiger partial charge on any atom is 0.303 e. The largest absolute Gasteiger partial charge is 0.497 e. The molecule has 42 heavy (non-hydrogen) atoms. The first-order valence-corrected chi connectivity index (χ1v) is 16.2. The quantitative estimate of drug-likeness (QED) is 0.237. The van der Waals surface area contributed by atoms with Crippen LogP contribution in [0.4, 0.5) is 0 Å². The van der Waals surface area contributed by atoms with E-state index in [1.807, 2.05) is 18.2 Å². The van der Waals surface area contributed by atoms with Crippen LogP contribution in [0.5, 0.6) is 5.75 Å². The minimum absolute atomic E-state index is 0.0475. The second-order valence-corrected chi connectivity index (χ2v) is 14.3. The van der Waals surface area contributed by atoms with E-state index in [-0.39, 0.29) is 24.3 Å². The Morgan fingerprint density at radius 1 is 1.07 bits per heavy atom. The summed E-state index contributed by atoms with van der Waals surface area (Å²) >= 11 is 12.3. The fourth-order valence-electron chi connectivity index (χ4n) is 8.11. The molecular formula is C34H45Cl2N2O4+. The molecule has 0 aromatic heterocycles. The van der Waals surface area contributed by atoms with Gasteiger partial charge in [0.15, 0.2) is 5.60 Å². The van der Waals surface area contributed by atoms with E-state index in [2.05, 4.69) is 31.3 Å². The zero-order chi connectivity index (χ0) is 30.1. The Kier molecular flexibility index (Phi) is 9.18. The number of fused-ring (bicyclic) bond motifs is 1. The summed E-state index contributed by atoms with van der Waals surface area (Å²) in [4.78, 5) is 26.2. The lowest BCUT2D eigenvalue weighted by molar-refractivity contribution is -0.945. The van der Waals surface area contributed by atoms with Crippen molar-refractivity contribution in [3.63, 3.8) is 0 Å². The standard InChI is InChI=1S/C34H44Cl2N2O4/c1-23(2)20-38(21-25-8-9-25)15-14-33(27-6-5-7-29(18-27)41-4)19-28(12-13-34(33,22-38)42-24(3)39)37-32(40)17-26-10-11-30(35)31(36)16-26/h5-7,10-11,16,18,23,25,28H,8-9,12-15,17,19-22H2,1-4H3/p+1/t28-,33-,34?,38+/m1/s1. The molecule has 1 unspecified atom stereocenters. The number of methoxy groups -OCH3 is 1. The Morgan fingerprint density at radius 2 is 1.86 bits per heavy atom. The van der Waals surface area contributed by atoms with E-state index in [0.29, 0.717) is 28.8 Å². The molecule has 2 saturated carbocycles. The molecule has 5 rings (SSSR count). The van der Waals surface area contributed by atoms with E-state index in [1.165, 1.54) is 12.8 Å². The highest BCUT2D eigenvalue weighted by Crippen LogP contribution is 2.56. The van der Waals surface area contributed by atoms with Crippen LogP contribution in [-0.2, 0) is 26.2 Å². The van der Waals surface area contributed by atoms with E-state index in [0.717, 1.165) is 66.3 Å². The van der Waals surface area contributed by atoms with Gasteiger partial charge in [0.2, 0.25) is 5.91 Å². The molecule has 1 amide bonds. The summed E-state index contributed by atoms with van der Waals surface area (Å²) in [6, 6.07) is 13.5. The maximum atomic E-state index is 13.3. The third-order valence-corrected chi connectivity index (χ3v) is 10.5. The van der Waals surface area contributed by atoms with Gasteiger partial charge in [0.05, 0.1) is 43.2 Å². The lowest BCUT2D eigenvalue weighted by Crippen LogP contribution is -2.74. The predicted molar refractivity (Wildman–Crippen MR) is 167 cm³/mol. The number of piperidine rings is 1. The Balaban J connectivity index is 1.49. The van der Waals surface area contributed by atoms with Crippen LogP contribution >= 0.6 is 23.2 Å². The van der Waals surface area contributed by atoms with Gasteiger partial charge in [-0.25, -0.2) is 0 Å². The minimum atomic E-state index is -0.668. The molecular weight excluding hydrogens is 571 g/mol. The summed E-state index contributed by atoms with van der Waals surface area (Å²) in [5, 5.41) is 4.25. The Morgan fingerprint density at radius 3 is 2.52 bits per heavy atom. The van der Waals surface area contributed by atoms with Crippen molar-refractivity contribution in [3.05, 3.63) is 63.6 Å². The van der Waals surface area contributed by atoms with E-state index in [9.17, 15) is 9.59 Å². The summed E-state index contributed by atoms with van der Waals surface area (Å²) in [7, 11) is 1.68. The molecule has 6 nitrogen and oxygen atoms in total. The normalized spacial score (nSPS) is 29.1. The molecule has 1 heterocycles. The Labute approximate surface area is 260 Å². The smallest absolute Gasteiger partial charge is 0.303 e. The van der Waals surface area contributed by atoms with E-state index >= 15 is 0 Å². The zero-order valence-electron chi connectivity index (χ0n) is 25.4. The molecule has 228 valence electrons. The van der Waals surface area contributed by atoms with E-state index < -0.39 is 11.0 Å². The van der Waals surface area contributed by atoms with Gasteiger partial charge in [0.1, 0.15) is 12.3 Å². The molecule has 3 fully saturated rings. The highest BCUT2D eigenvalue weighted by atomic mass is 35.5. The van der Waals surface area contributed by atoms with Crippen LogP contribution in [-0.4, -0.2) is 61.3 Å². The van der Waals surface area contributed by atoms with Crippen LogP contribution in [0, 0.1) is 11.8 Å². The number of nitrogens with zero attached hydrogens (tertiary/aromatic N) is 1. The van der Waals surface area contributed by atoms with Gasteiger partial charge in [-0.3, -0.25) is 9.59 Å². The molecule has 2 aliphatic carbocycles. The van der Waals surface area contributed by atoms with Crippen LogP contribution in [0.15, 0.2) is 42.5 Å². The van der Waals surface area contributed by atoms with E-state index in [4.69, 9.17) is 32.7 Å². The number of ether oxygens (including phenoxy) is 2. The maximum absolute atomic E-state index is 13.3. The highest BCUT2D eigenvalue weighted by molar-refractivity contribution is 6.42. The van der Waals surface area contributed by atoms with Crippen molar-refractivity contribution in [2.45, 2.75) is 82.8 Å². The molecule has 8 heteroatoms. The number of esters is 1. The van der Waals surface area contributed by atoms with Crippen LogP contribution in [0.25, 0.3) is 0 Å². The van der Waals surface area contributed by atoms with Crippen LogP contribution < -0.4 is 10.1 Å². The van der Waals surface area contributed by atoms with Gasteiger partial charge in [-0.05, 0) is 67.5 Å². The zero-order valence-corrected chi connectivity index (χ0v) is 26.9. The van der Waals surface area contributed by atoms with Crippen molar-refractivity contribution >= 4 is 35.1 Å². The van der Waals surface area contributed by atoms with Crippen molar-refractivity contribution in [3.8, 4) is 5.75 Å². The molecule has 3 aliphatic rings. The lowest BCUT2D eigenvalue weighted by atomic mass is 9.54. The first-order chi connectivity index (χ1) is 20.0. The van der Waals surface area contributed by atoms with Crippen molar-refractivity contribution in [1.82, 2.24) is 5.32 Å². The second-order valence-electron chi connectivity index (χ2n) is 13.5. The number of benzene rings is 2. The van der Waals surface area contributed by atoms with Gasteiger partial charge in [0.25, 0.3) is 0 Å². The van der Waals surface area contributed by atoms with Crippen molar-refractivity contribution < 1.29 is 23.5 Å². The Bertz CT molecular complexity index is 1310. The van der Waals surface area contributed by atoms with Gasteiger partial charge >= 0.3 is 5.97 Å². The summed E-state index contributed by atoms with van der Waals surface area (Å²) in [5.74, 6) is 1.81. The van der Waals surface area contributed by atoms with Gasteiger partial charge in [0, 0.05) is 36.6 Å². The molecule has 1 N–H and O–H groups in total. The average molecular weight is 617 g/mol. The molecule has 0 spiro atoms. The summed E-state index contributed by atoms with van der Waals surface area (Å²) < 4.78 is 13.3. The first-order valence-electron chi connectivity index (χ1n) is 15.4. The topological polar surface area (TPSA) is 64.6 Å². The Hall–Kier alpha value is -2.28. The monoisotopic (exact) mass is 615 g/mol. The molecule has 2 aromatic rings. The summed E-state index contributed by atoms with van der Waals surface area (Å²) in [6.45, 7) is 10.2. The predicted octanol–water partition coefficient (Wildman–Crippen LogP) is 6.74. The molecule has 1 saturated heterocycles. The van der Waals surface area contributed by atoms with Crippen molar-refractivity contribution in [1.29, 1.82) is 0 Å². The number of rotatable bonds is 10. The molecule has 4 atom stereocenters. The van der Waals surface area contributed by atoms with Crippen LogP contribution in [0.3, 0.4) is 0 Å². The number of quaternary nitrogens is 1. The van der Waals surface area contributed by atoms with Gasteiger partial charge in [-0.2, -0.15) is 0 Å². The minimum Gasteiger partial charge on any atom is -0.497 e. The van der Waals surface area contributed by atoms with Crippen LogP contribution in [0.1, 0.15) is 70.4 Å². The molecule has 0 radical (unpaired) electrons. The van der Waals surface area contributed by atoms with Gasteiger partial charge < -0.3 is 19.3 Å². The van der Waals surface area contributed by atoms with Gasteiger partial charge in [-0.15, -0.1) is 0 Å². The van der Waals surface area contributed by atoms with Gasteiger partial charge in [-0.1, -0.05) is 55.2 Å². The van der Waals surface area contributed by atoms with Crippen LogP contribution in [0.2, 0.25) is 10.0 Å². The average Bonchev–Trinajstić information content (AvgIpc) is 3.74. The SMILES string of the molecule is COc1cccc([C@]23CC[N@+](CC(C)C)(CC4CC4)CC2(OC(C)=O)CC[C@@H](NC(=O)Cc2ccc(Cl)c(Cl)c2)C3)c1. The van der Waals surface area contributed by atoms with Crippen molar-refractivity contribution in [2.24, 2.45) is 11.8 Å². The van der Waals surface area contributed by atoms with E-state index in [1.54, 1.807) is 26.2 Å². The number of nitrogens with one attached hydrogen (secondary N) is 1. The molecule has 0 bridgehead atoms. The molecule has 2 aromatic carbocycles.